The predicted octanol–water partition coefficient (Wildman–Crippen LogP) is 2.17. The van der Waals surface area contributed by atoms with Crippen molar-refractivity contribution < 1.29 is 5.11 Å². The van der Waals surface area contributed by atoms with Gasteiger partial charge in [-0.25, -0.2) is 4.98 Å². The summed E-state index contributed by atoms with van der Waals surface area (Å²) in [5, 5.41) is 15.7. The standard InChI is InChI=1S/C12H20N2OS/c1-12(15,10-4-2-3-5-10)8-13-6-11-7-16-9-14-11/h7,9-10,13,15H,2-6,8H2,1H3. The molecule has 3 nitrogen and oxygen atoms in total. The Morgan fingerprint density at radius 2 is 2.31 bits per heavy atom. The average molecular weight is 240 g/mol. The van der Waals surface area contributed by atoms with E-state index < -0.39 is 5.60 Å². The number of aromatic nitrogens is 1. The summed E-state index contributed by atoms with van der Waals surface area (Å²) < 4.78 is 0. The first-order chi connectivity index (χ1) is 7.68. The molecule has 0 aliphatic heterocycles. The van der Waals surface area contributed by atoms with Crippen molar-refractivity contribution >= 4 is 11.3 Å². The van der Waals surface area contributed by atoms with Crippen LogP contribution in [0.2, 0.25) is 0 Å². The third-order valence-electron chi connectivity index (χ3n) is 3.51. The van der Waals surface area contributed by atoms with Crippen LogP contribution in [-0.4, -0.2) is 22.2 Å². The number of nitrogens with one attached hydrogen (secondary N) is 1. The molecule has 90 valence electrons. The van der Waals surface area contributed by atoms with Crippen LogP contribution in [-0.2, 0) is 6.54 Å². The van der Waals surface area contributed by atoms with E-state index >= 15 is 0 Å². The Hall–Kier alpha value is -0.450. The lowest BCUT2D eigenvalue weighted by atomic mass is 9.88. The molecule has 1 heterocycles. The lowest BCUT2D eigenvalue weighted by molar-refractivity contribution is 0.00212. The van der Waals surface area contributed by atoms with Crippen LogP contribution in [0.5, 0.6) is 0 Å². The Kier molecular flexibility index (Phi) is 3.95. The van der Waals surface area contributed by atoms with Gasteiger partial charge in [0.1, 0.15) is 0 Å². The van der Waals surface area contributed by atoms with Crippen LogP contribution in [0, 0.1) is 5.92 Å². The van der Waals surface area contributed by atoms with Gasteiger partial charge in [0.05, 0.1) is 16.8 Å². The molecule has 1 aliphatic rings. The maximum atomic E-state index is 10.4. The molecule has 2 rings (SSSR count). The topological polar surface area (TPSA) is 45.1 Å². The molecule has 4 heteroatoms. The van der Waals surface area contributed by atoms with Crippen LogP contribution in [0.4, 0.5) is 0 Å². The monoisotopic (exact) mass is 240 g/mol. The van der Waals surface area contributed by atoms with Gasteiger partial charge in [-0.15, -0.1) is 11.3 Å². The molecule has 1 aromatic rings. The molecule has 1 atom stereocenters. The lowest BCUT2D eigenvalue weighted by Gasteiger charge is -2.30. The molecule has 1 fully saturated rings. The molecule has 1 unspecified atom stereocenters. The van der Waals surface area contributed by atoms with Crippen LogP contribution in [0.3, 0.4) is 0 Å². The van der Waals surface area contributed by atoms with Crippen LogP contribution < -0.4 is 5.32 Å². The number of nitrogens with zero attached hydrogens (tertiary/aromatic N) is 1. The van der Waals surface area contributed by atoms with Gasteiger partial charge >= 0.3 is 0 Å². The zero-order chi connectivity index (χ0) is 11.4. The first kappa shape index (κ1) is 12.0. The van der Waals surface area contributed by atoms with E-state index in [0.717, 1.165) is 12.2 Å². The molecule has 0 saturated heterocycles. The maximum absolute atomic E-state index is 10.4. The molecule has 1 aromatic heterocycles. The van der Waals surface area contributed by atoms with E-state index in [0.29, 0.717) is 12.5 Å². The molecule has 0 spiro atoms. The van der Waals surface area contributed by atoms with E-state index in [1.807, 2.05) is 17.8 Å². The number of hydrogen-bond donors (Lipinski definition) is 2. The maximum Gasteiger partial charge on any atom is 0.0795 e. The van der Waals surface area contributed by atoms with Gasteiger partial charge in [0.15, 0.2) is 0 Å². The fourth-order valence-corrected chi connectivity index (χ4v) is 3.02. The molecule has 0 amide bonds. The summed E-state index contributed by atoms with van der Waals surface area (Å²) in [7, 11) is 0. The van der Waals surface area contributed by atoms with Gasteiger partial charge in [0.2, 0.25) is 0 Å². The Labute approximate surface area is 101 Å². The van der Waals surface area contributed by atoms with Crippen molar-refractivity contribution in [2.24, 2.45) is 5.92 Å². The highest BCUT2D eigenvalue weighted by molar-refractivity contribution is 7.07. The van der Waals surface area contributed by atoms with Crippen molar-refractivity contribution in [3.05, 3.63) is 16.6 Å². The quantitative estimate of drug-likeness (QED) is 0.829. The number of aliphatic hydroxyl groups is 1. The van der Waals surface area contributed by atoms with E-state index in [-0.39, 0.29) is 0 Å². The fourth-order valence-electron chi connectivity index (χ4n) is 2.46. The van der Waals surface area contributed by atoms with Gasteiger partial charge in [0.25, 0.3) is 0 Å². The third-order valence-corrected chi connectivity index (χ3v) is 4.14. The first-order valence-corrected chi connectivity index (χ1v) is 6.93. The fraction of sp³-hybridized carbons (Fsp3) is 0.750. The highest BCUT2D eigenvalue weighted by atomic mass is 32.1. The van der Waals surface area contributed by atoms with Gasteiger partial charge in [-0.3, -0.25) is 0 Å². The Morgan fingerprint density at radius 1 is 1.56 bits per heavy atom. The van der Waals surface area contributed by atoms with Gasteiger partial charge in [-0.1, -0.05) is 12.8 Å². The van der Waals surface area contributed by atoms with Gasteiger partial charge < -0.3 is 10.4 Å². The molecular weight excluding hydrogens is 220 g/mol. The largest absolute Gasteiger partial charge is 0.389 e. The summed E-state index contributed by atoms with van der Waals surface area (Å²) in [5.74, 6) is 0.468. The van der Waals surface area contributed by atoms with E-state index in [2.05, 4.69) is 10.3 Å². The molecule has 16 heavy (non-hydrogen) atoms. The summed E-state index contributed by atoms with van der Waals surface area (Å²) >= 11 is 1.61. The lowest BCUT2D eigenvalue weighted by Crippen LogP contribution is -2.43. The predicted molar refractivity (Wildman–Crippen MR) is 66.4 cm³/mol. The van der Waals surface area contributed by atoms with Crippen molar-refractivity contribution in [3.63, 3.8) is 0 Å². The normalized spacial score (nSPS) is 21.1. The SMILES string of the molecule is CC(O)(CNCc1cscn1)C1CCCC1. The number of rotatable bonds is 5. The summed E-state index contributed by atoms with van der Waals surface area (Å²) in [4.78, 5) is 4.21. The zero-order valence-corrected chi connectivity index (χ0v) is 10.6. The molecule has 1 aliphatic carbocycles. The van der Waals surface area contributed by atoms with Crippen LogP contribution in [0.25, 0.3) is 0 Å². The Balaban J connectivity index is 1.75. The van der Waals surface area contributed by atoms with E-state index in [1.54, 1.807) is 11.3 Å². The Morgan fingerprint density at radius 3 is 2.94 bits per heavy atom. The summed E-state index contributed by atoms with van der Waals surface area (Å²) in [6.07, 6.45) is 4.89. The molecular formula is C12H20N2OS. The second kappa shape index (κ2) is 5.25. The highest BCUT2D eigenvalue weighted by Gasteiger charge is 2.33. The van der Waals surface area contributed by atoms with Gasteiger partial charge in [-0.2, -0.15) is 0 Å². The van der Waals surface area contributed by atoms with Gasteiger partial charge in [0, 0.05) is 18.5 Å². The van der Waals surface area contributed by atoms with Crippen LogP contribution >= 0.6 is 11.3 Å². The second-order valence-electron chi connectivity index (χ2n) is 4.92. The van der Waals surface area contributed by atoms with Crippen LogP contribution in [0.1, 0.15) is 38.3 Å². The van der Waals surface area contributed by atoms with Crippen molar-refractivity contribution in [1.82, 2.24) is 10.3 Å². The smallest absolute Gasteiger partial charge is 0.0795 e. The second-order valence-corrected chi connectivity index (χ2v) is 5.64. The number of hydrogen-bond acceptors (Lipinski definition) is 4. The minimum atomic E-state index is -0.563. The van der Waals surface area contributed by atoms with E-state index in [1.165, 1.54) is 25.7 Å². The molecule has 2 N–H and O–H groups in total. The summed E-state index contributed by atoms with van der Waals surface area (Å²) in [5.41, 5.74) is 2.34. The average Bonchev–Trinajstić information content (AvgIpc) is 2.90. The minimum absolute atomic E-state index is 0.468. The zero-order valence-electron chi connectivity index (χ0n) is 9.78. The van der Waals surface area contributed by atoms with E-state index in [9.17, 15) is 5.11 Å². The van der Waals surface area contributed by atoms with Crippen molar-refractivity contribution in [3.8, 4) is 0 Å². The molecule has 0 radical (unpaired) electrons. The third kappa shape index (κ3) is 3.03. The van der Waals surface area contributed by atoms with Crippen LogP contribution in [0.15, 0.2) is 10.9 Å². The highest BCUT2D eigenvalue weighted by Crippen LogP contribution is 2.33. The van der Waals surface area contributed by atoms with E-state index in [4.69, 9.17) is 0 Å². The van der Waals surface area contributed by atoms with Crippen molar-refractivity contribution in [2.75, 3.05) is 6.54 Å². The van der Waals surface area contributed by atoms with Crippen molar-refractivity contribution in [2.45, 2.75) is 44.8 Å². The Bertz CT molecular complexity index is 305. The van der Waals surface area contributed by atoms with Gasteiger partial charge in [-0.05, 0) is 25.7 Å². The molecule has 1 saturated carbocycles. The summed E-state index contributed by atoms with van der Waals surface area (Å²) in [6, 6.07) is 0. The molecule has 0 bridgehead atoms. The minimum Gasteiger partial charge on any atom is -0.389 e. The number of thiazole rings is 1. The molecule has 0 aromatic carbocycles. The van der Waals surface area contributed by atoms with Crippen molar-refractivity contribution in [1.29, 1.82) is 0 Å². The summed E-state index contributed by atoms with van der Waals surface area (Å²) in [6.45, 7) is 3.37. The first-order valence-electron chi connectivity index (χ1n) is 5.98.